The molecule has 0 amide bonds. The van der Waals surface area contributed by atoms with E-state index in [1.807, 2.05) is 42.1 Å². The fraction of sp³-hybridized carbons (Fsp3) is 0.400. The molecule has 1 aromatic heterocycles. The number of hydrogen-bond donors (Lipinski definition) is 2. The van der Waals surface area contributed by atoms with Gasteiger partial charge < -0.3 is 10.1 Å². The Labute approximate surface area is 138 Å². The number of benzene rings is 1. The summed E-state index contributed by atoms with van der Waals surface area (Å²) in [7, 11) is 3.13. The minimum absolute atomic E-state index is 0.0274. The lowest BCUT2D eigenvalue weighted by Gasteiger charge is -2.24. The molecule has 1 aromatic carbocycles. The molecule has 0 radical (unpaired) electrons. The van der Waals surface area contributed by atoms with Gasteiger partial charge in [0, 0.05) is 26.1 Å². The number of nitrogens with zero attached hydrogens (tertiary/aromatic N) is 2. The van der Waals surface area contributed by atoms with E-state index in [4.69, 9.17) is 4.74 Å². The fourth-order valence-corrected chi connectivity index (χ4v) is 3.82. The lowest BCUT2D eigenvalue weighted by molar-refractivity contribution is 0.0762. The van der Waals surface area contributed by atoms with E-state index < -0.39 is 0 Å². The monoisotopic (exact) mass is 337 g/mol. The summed E-state index contributed by atoms with van der Waals surface area (Å²) in [6.07, 6.45) is 0.745. The zero-order valence-electron chi connectivity index (χ0n) is 12.4. The molecule has 1 fully saturated rings. The number of morpholine rings is 1. The van der Waals surface area contributed by atoms with Gasteiger partial charge in [0.1, 0.15) is 4.90 Å². The summed E-state index contributed by atoms with van der Waals surface area (Å²) in [5.74, 6) is 0. The highest BCUT2D eigenvalue weighted by molar-refractivity contribution is 8.68. The molecule has 1 N–H and O–H groups in total. The van der Waals surface area contributed by atoms with Gasteiger partial charge in [-0.05, 0) is 12.1 Å². The van der Waals surface area contributed by atoms with E-state index in [2.05, 4.69) is 17.0 Å². The Morgan fingerprint density at radius 1 is 1.41 bits per heavy atom. The number of nitrogens with one attached hydrogen (secondary N) is 1. The van der Waals surface area contributed by atoms with Crippen LogP contribution >= 0.6 is 22.5 Å². The second kappa shape index (κ2) is 6.95. The predicted octanol–water partition coefficient (Wildman–Crippen LogP) is 1.64. The van der Waals surface area contributed by atoms with Crippen molar-refractivity contribution in [1.82, 2.24) is 14.7 Å². The SMILES string of the molecule is Cn1c(CC2COCCN2)c(SS)c(=O)n1-c1ccccc1. The van der Waals surface area contributed by atoms with E-state index in [0.29, 0.717) is 11.5 Å². The van der Waals surface area contributed by atoms with Crippen molar-refractivity contribution < 1.29 is 4.74 Å². The Kier molecular flexibility index (Phi) is 4.97. The quantitative estimate of drug-likeness (QED) is 0.658. The summed E-state index contributed by atoms with van der Waals surface area (Å²) in [5, 5.41) is 3.43. The standard InChI is InChI=1S/C15H19N3O2S2/c1-17-13(9-11-10-20-8-7-16-11)14(22-21)15(19)18(17)12-5-3-2-4-6-12/h2-6,11,16,21H,7-10H2,1H3. The Morgan fingerprint density at radius 3 is 2.82 bits per heavy atom. The van der Waals surface area contributed by atoms with Gasteiger partial charge in [-0.15, -0.1) is 11.7 Å². The van der Waals surface area contributed by atoms with E-state index in [0.717, 1.165) is 31.0 Å². The summed E-state index contributed by atoms with van der Waals surface area (Å²) in [5.41, 5.74) is 1.81. The molecule has 7 heteroatoms. The molecule has 1 unspecified atom stereocenters. The number of rotatable bonds is 4. The topological polar surface area (TPSA) is 48.2 Å². The first kappa shape index (κ1) is 15.7. The molecule has 0 saturated carbocycles. The zero-order valence-corrected chi connectivity index (χ0v) is 14.1. The van der Waals surface area contributed by atoms with Crippen molar-refractivity contribution >= 4 is 22.5 Å². The molecular formula is C15H19N3O2S2. The van der Waals surface area contributed by atoms with Crippen molar-refractivity contribution in [1.29, 1.82) is 0 Å². The molecule has 0 bridgehead atoms. The van der Waals surface area contributed by atoms with Crippen LogP contribution in [0.2, 0.25) is 0 Å². The molecule has 22 heavy (non-hydrogen) atoms. The maximum absolute atomic E-state index is 12.7. The van der Waals surface area contributed by atoms with Gasteiger partial charge in [-0.25, -0.2) is 4.68 Å². The highest BCUT2D eigenvalue weighted by Crippen LogP contribution is 2.25. The van der Waals surface area contributed by atoms with Crippen LogP contribution in [0.3, 0.4) is 0 Å². The molecule has 1 atom stereocenters. The second-order valence-electron chi connectivity index (χ2n) is 5.27. The van der Waals surface area contributed by atoms with Crippen LogP contribution in [0.1, 0.15) is 5.69 Å². The van der Waals surface area contributed by atoms with Crippen LogP contribution in [0, 0.1) is 0 Å². The number of para-hydroxylation sites is 1. The molecule has 3 rings (SSSR count). The van der Waals surface area contributed by atoms with Crippen molar-refractivity contribution in [3.05, 3.63) is 46.4 Å². The highest BCUT2D eigenvalue weighted by Gasteiger charge is 2.23. The predicted molar refractivity (Wildman–Crippen MR) is 92.2 cm³/mol. The first-order valence-corrected chi connectivity index (χ1v) is 9.08. The Morgan fingerprint density at radius 2 is 2.18 bits per heavy atom. The molecule has 1 aliphatic heterocycles. The lowest BCUT2D eigenvalue weighted by atomic mass is 10.1. The summed E-state index contributed by atoms with van der Waals surface area (Å²) >= 11 is 4.28. The minimum Gasteiger partial charge on any atom is -0.379 e. The first-order valence-electron chi connectivity index (χ1n) is 7.21. The number of aromatic nitrogens is 2. The summed E-state index contributed by atoms with van der Waals surface area (Å²) < 4.78 is 9.12. The van der Waals surface area contributed by atoms with Crippen molar-refractivity contribution in [3.8, 4) is 5.69 Å². The van der Waals surface area contributed by atoms with Gasteiger partial charge in [0.25, 0.3) is 5.56 Å². The fourth-order valence-electron chi connectivity index (χ4n) is 2.78. The van der Waals surface area contributed by atoms with Gasteiger partial charge in [0.2, 0.25) is 0 Å². The zero-order chi connectivity index (χ0) is 15.5. The maximum atomic E-state index is 12.7. The minimum atomic E-state index is -0.0274. The molecule has 0 spiro atoms. The largest absolute Gasteiger partial charge is 0.379 e. The van der Waals surface area contributed by atoms with E-state index in [1.54, 1.807) is 4.68 Å². The van der Waals surface area contributed by atoms with Crippen LogP contribution in [-0.4, -0.2) is 35.2 Å². The van der Waals surface area contributed by atoms with Crippen molar-refractivity contribution in [3.63, 3.8) is 0 Å². The van der Waals surface area contributed by atoms with Crippen LogP contribution in [0.15, 0.2) is 40.0 Å². The van der Waals surface area contributed by atoms with Gasteiger partial charge in [0.05, 0.1) is 24.6 Å². The summed E-state index contributed by atoms with van der Waals surface area (Å²) in [6.45, 7) is 2.26. The normalized spacial score (nSPS) is 18.5. The van der Waals surface area contributed by atoms with E-state index >= 15 is 0 Å². The average molecular weight is 337 g/mol. The van der Waals surface area contributed by atoms with E-state index in [1.165, 1.54) is 10.8 Å². The third kappa shape index (κ3) is 2.99. The molecule has 118 valence electrons. The number of ether oxygens (including phenoxy) is 1. The van der Waals surface area contributed by atoms with Gasteiger partial charge in [0.15, 0.2) is 0 Å². The lowest BCUT2D eigenvalue weighted by Crippen LogP contribution is -2.43. The Bertz CT molecular complexity index is 691. The first-order chi connectivity index (χ1) is 10.7. The van der Waals surface area contributed by atoms with Crippen LogP contribution in [-0.2, 0) is 18.2 Å². The molecular weight excluding hydrogens is 318 g/mol. The third-order valence-corrected chi connectivity index (χ3v) is 5.01. The van der Waals surface area contributed by atoms with Gasteiger partial charge in [-0.3, -0.25) is 9.48 Å². The third-order valence-electron chi connectivity index (χ3n) is 3.87. The van der Waals surface area contributed by atoms with Crippen molar-refractivity contribution in [2.24, 2.45) is 7.05 Å². The van der Waals surface area contributed by atoms with E-state index in [-0.39, 0.29) is 11.6 Å². The number of thiol groups is 1. The smallest absolute Gasteiger partial charge is 0.286 e. The van der Waals surface area contributed by atoms with Crippen LogP contribution < -0.4 is 10.9 Å². The Hall–Kier alpha value is -1.15. The maximum Gasteiger partial charge on any atom is 0.286 e. The van der Waals surface area contributed by atoms with Crippen LogP contribution in [0.25, 0.3) is 5.69 Å². The summed E-state index contributed by atoms with van der Waals surface area (Å²) in [4.78, 5) is 13.4. The second-order valence-corrected chi connectivity index (χ2v) is 6.41. The van der Waals surface area contributed by atoms with E-state index in [9.17, 15) is 4.79 Å². The molecule has 5 nitrogen and oxygen atoms in total. The highest BCUT2D eigenvalue weighted by atomic mass is 33.1. The molecule has 0 aliphatic carbocycles. The molecule has 2 aromatic rings. The molecule has 1 saturated heterocycles. The van der Waals surface area contributed by atoms with Gasteiger partial charge >= 0.3 is 0 Å². The Balaban J connectivity index is 2.01. The molecule has 1 aliphatic rings. The number of hydrogen-bond acceptors (Lipinski definition) is 5. The summed E-state index contributed by atoms with van der Waals surface area (Å²) in [6, 6.07) is 9.89. The van der Waals surface area contributed by atoms with Crippen LogP contribution in [0.4, 0.5) is 0 Å². The van der Waals surface area contributed by atoms with Crippen LogP contribution in [0.5, 0.6) is 0 Å². The van der Waals surface area contributed by atoms with Crippen molar-refractivity contribution in [2.45, 2.75) is 17.4 Å². The van der Waals surface area contributed by atoms with Crippen molar-refractivity contribution in [2.75, 3.05) is 19.8 Å². The van der Waals surface area contributed by atoms with Gasteiger partial charge in [-0.1, -0.05) is 29.0 Å². The average Bonchev–Trinajstić information content (AvgIpc) is 2.79. The van der Waals surface area contributed by atoms with Gasteiger partial charge in [-0.2, -0.15) is 0 Å². The molecule has 2 heterocycles.